The number of carbonyl (C=O) groups excluding carboxylic acids is 2. The summed E-state index contributed by atoms with van der Waals surface area (Å²) in [5, 5.41) is 10.1. The van der Waals surface area contributed by atoms with E-state index in [2.05, 4.69) is 16.0 Å². The normalized spacial score (nSPS) is 10.8. The molecule has 24 heavy (non-hydrogen) atoms. The Bertz CT molecular complexity index is 676. The maximum absolute atomic E-state index is 11.8. The van der Waals surface area contributed by atoms with Crippen molar-refractivity contribution in [2.45, 2.75) is 32.9 Å². The molecule has 0 aliphatic carbocycles. The molecule has 0 saturated heterocycles. The van der Waals surface area contributed by atoms with Gasteiger partial charge in [-0.05, 0) is 56.5 Å². The fourth-order valence-electron chi connectivity index (χ4n) is 1.81. The average molecular weight is 347 g/mol. The highest BCUT2D eigenvalue weighted by Crippen LogP contribution is 2.15. The summed E-state index contributed by atoms with van der Waals surface area (Å²) in [5.74, 6) is 0. The largest absolute Gasteiger partial charge is 0.444 e. The molecule has 0 unspecified atom stereocenters. The number of amides is 3. The van der Waals surface area contributed by atoms with Gasteiger partial charge in [-0.15, -0.1) is 11.3 Å². The minimum Gasteiger partial charge on any atom is -0.444 e. The van der Waals surface area contributed by atoms with E-state index in [4.69, 9.17) is 4.74 Å². The van der Waals surface area contributed by atoms with Gasteiger partial charge in [-0.2, -0.15) is 0 Å². The van der Waals surface area contributed by atoms with Crippen LogP contribution in [0.3, 0.4) is 0 Å². The van der Waals surface area contributed by atoms with Crippen LogP contribution >= 0.6 is 11.3 Å². The molecule has 0 radical (unpaired) electrons. The molecule has 3 amide bonds. The SMILES string of the molecule is CC(C)(C)OC(=O)Nc1ccc(NC(=O)NCc2cccs2)cc1. The molecule has 6 nitrogen and oxygen atoms in total. The summed E-state index contributed by atoms with van der Waals surface area (Å²) in [4.78, 5) is 24.6. The van der Waals surface area contributed by atoms with Crippen LogP contribution in [0.1, 0.15) is 25.6 Å². The van der Waals surface area contributed by atoms with E-state index < -0.39 is 11.7 Å². The summed E-state index contributed by atoms with van der Waals surface area (Å²) >= 11 is 1.59. The highest BCUT2D eigenvalue weighted by atomic mass is 32.1. The number of hydrogen-bond donors (Lipinski definition) is 3. The smallest absolute Gasteiger partial charge is 0.412 e. The third-order valence-corrected chi connectivity index (χ3v) is 3.67. The summed E-state index contributed by atoms with van der Waals surface area (Å²) in [7, 11) is 0. The van der Waals surface area contributed by atoms with Crippen LogP contribution in [0.2, 0.25) is 0 Å². The zero-order valence-corrected chi connectivity index (χ0v) is 14.7. The Morgan fingerprint density at radius 2 is 1.67 bits per heavy atom. The quantitative estimate of drug-likeness (QED) is 0.766. The van der Waals surface area contributed by atoms with Gasteiger partial charge >= 0.3 is 12.1 Å². The summed E-state index contributed by atoms with van der Waals surface area (Å²) in [6.45, 7) is 5.89. The third kappa shape index (κ3) is 6.29. The van der Waals surface area contributed by atoms with Crippen LogP contribution < -0.4 is 16.0 Å². The summed E-state index contributed by atoms with van der Waals surface area (Å²) in [5.41, 5.74) is 0.675. The van der Waals surface area contributed by atoms with Crippen molar-refractivity contribution in [2.75, 3.05) is 10.6 Å². The molecule has 0 spiro atoms. The minimum absolute atomic E-state index is 0.281. The standard InChI is InChI=1S/C17H21N3O3S/c1-17(2,3)23-16(22)20-13-8-6-12(7-9-13)19-15(21)18-11-14-5-4-10-24-14/h4-10H,11H2,1-3H3,(H,20,22)(H2,18,19,21). The predicted octanol–water partition coefficient (Wildman–Crippen LogP) is 4.42. The first-order chi connectivity index (χ1) is 11.3. The number of anilines is 2. The van der Waals surface area contributed by atoms with Crippen molar-refractivity contribution >= 4 is 34.8 Å². The molecule has 0 atom stereocenters. The first kappa shape index (κ1) is 17.8. The molecule has 2 rings (SSSR count). The van der Waals surface area contributed by atoms with Gasteiger partial charge in [0.2, 0.25) is 0 Å². The first-order valence-corrected chi connectivity index (χ1v) is 8.37. The molecular weight excluding hydrogens is 326 g/mol. The van der Waals surface area contributed by atoms with E-state index in [1.807, 2.05) is 17.5 Å². The van der Waals surface area contributed by atoms with Crippen LogP contribution in [0, 0.1) is 0 Å². The Kier molecular flexibility index (Phi) is 5.81. The molecule has 1 aromatic heterocycles. The molecule has 7 heteroatoms. The lowest BCUT2D eigenvalue weighted by atomic mass is 10.2. The summed E-state index contributed by atoms with van der Waals surface area (Å²) < 4.78 is 5.17. The van der Waals surface area contributed by atoms with Crippen molar-refractivity contribution in [1.29, 1.82) is 0 Å². The summed E-state index contributed by atoms with van der Waals surface area (Å²) in [6.07, 6.45) is -0.517. The summed E-state index contributed by atoms with van der Waals surface area (Å²) in [6, 6.07) is 10.4. The van der Waals surface area contributed by atoms with Crippen molar-refractivity contribution < 1.29 is 14.3 Å². The van der Waals surface area contributed by atoms with Gasteiger partial charge in [-0.3, -0.25) is 5.32 Å². The van der Waals surface area contributed by atoms with Crippen LogP contribution in [-0.2, 0) is 11.3 Å². The highest BCUT2D eigenvalue weighted by Gasteiger charge is 2.16. The highest BCUT2D eigenvalue weighted by molar-refractivity contribution is 7.09. The van der Waals surface area contributed by atoms with E-state index in [0.29, 0.717) is 17.9 Å². The Hall–Kier alpha value is -2.54. The first-order valence-electron chi connectivity index (χ1n) is 7.49. The van der Waals surface area contributed by atoms with Gasteiger partial charge in [0.1, 0.15) is 5.60 Å². The molecule has 0 fully saturated rings. The zero-order valence-electron chi connectivity index (χ0n) is 13.9. The maximum atomic E-state index is 11.8. The second kappa shape index (κ2) is 7.83. The number of benzene rings is 1. The molecule has 0 aliphatic rings. The Morgan fingerprint density at radius 1 is 1.04 bits per heavy atom. The minimum atomic E-state index is -0.549. The topological polar surface area (TPSA) is 79.5 Å². The number of carbonyl (C=O) groups is 2. The van der Waals surface area contributed by atoms with Crippen LogP contribution in [0.25, 0.3) is 0 Å². The third-order valence-electron chi connectivity index (χ3n) is 2.79. The van der Waals surface area contributed by atoms with Crippen LogP contribution in [0.4, 0.5) is 21.0 Å². The molecule has 128 valence electrons. The van der Waals surface area contributed by atoms with Gasteiger partial charge in [0.15, 0.2) is 0 Å². The predicted molar refractivity (Wildman–Crippen MR) is 96.5 cm³/mol. The van der Waals surface area contributed by atoms with Gasteiger partial charge < -0.3 is 15.4 Å². The monoisotopic (exact) mass is 347 g/mol. The molecule has 0 saturated carbocycles. The molecule has 0 aliphatic heterocycles. The van der Waals surface area contributed by atoms with E-state index in [1.165, 1.54) is 0 Å². The number of ether oxygens (including phenoxy) is 1. The lowest BCUT2D eigenvalue weighted by Gasteiger charge is -2.19. The van der Waals surface area contributed by atoms with Crippen molar-refractivity contribution in [3.05, 3.63) is 46.7 Å². The van der Waals surface area contributed by atoms with Crippen molar-refractivity contribution in [3.63, 3.8) is 0 Å². The fraction of sp³-hybridized carbons (Fsp3) is 0.294. The number of thiophene rings is 1. The van der Waals surface area contributed by atoms with E-state index in [0.717, 1.165) is 4.88 Å². The van der Waals surface area contributed by atoms with Gasteiger partial charge in [-0.1, -0.05) is 6.07 Å². The molecular formula is C17H21N3O3S. The number of urea groups is 1. The van der Waals surface area contributed by atoms with E-state index in [9.17, 15) is 9.59 Å². The Balaban J connectivity index is 1.81. The fourth-order valence-corrected chi connectivity index (χ4v) is 2.46. The Labute approximate surface area is 145 Å². The van der Waals surface area contributed by atoms with Crippen molar-refractivity contribution in [1.82, 2.24) is 5.32 Å². The average Bonchev–Trinajstić information content (AvgIpc) is 2.98. The second-order valence-electron chi connectivity index (χ2n) is 6.09. The number of hydrogen-bond acceptors (Lipinski definition) is 4. The van der Waals surface area contributed by atoms with Crippen LogP contribution in [0.15, 0.2) is 41.8 Å². The van der Waals surface area contributed by atoms with E-state index >= 15 is 0 Å². The van der Waals surface area contributed by atoms with Crippen molar-refractivity contribution in [3.8, 4) is 0 Å². The molecule has 3 N–H and O–H groups in total. The maximum Gasteiger partial charge on any atom is 0.412 e. The zero-order chi connectivity index (χ0) is 17.6. The van der Waals surface area contributed by atoms with Gasteiger partial charge in [0.05, 0.1) is 6.54 Å². The molecule has 1 aromatic carbocycles. The van der Waals surface area contributed by atoms with Crippen molar-refractivity contribution in [2.24, 2.45) is 0 Å². The number of rotatable bonds is 4. The second-order valence-corrected chi connectivity index (χ2v) is 7.12. The van der Waals surface area contributed by atoms with Crippen LogP contribution in [-0.4, -0.2) is 17.7 Å². The molecule has 1 heterocycles. The van der Waals surface area contributed by atoms with Gasteiger partial charge in [0.25, 0.3) is 0 Å². The molecule has 2 aromatic rings. The Morgan fingerprint density at radius 3 is 2.21 bits per heavy atom. The van der Waals surface area contributed by atoms with Crippen LogP contribution in [0.5, 0.6) is 0 Å². The molecule has 0 bridgehead atoms. The van der Waals surface area contributed by atoms with Gasteiger partial charge in [0, 0.05) is 16.3 Å². The lowest BCUT2D eigenvalue weighted by Crippen LogP contribution is -2.28. The van der Waals surface area contributed by atoms with Gasteiger partial charge in [-0.25, -0.2) is 9.59 Å². The van der Waals surface area contributed by atoms with E-state index in [-0.39, 0.29) is 6.03 Å². The number of nitrogens with one attached hydrogen (secondary N) is 3. The van der Waals surface area contributed by atoms with E-state index in [1.54, 1.807) is 56.4 Å². The lowest BCUT2D eigenvalue weighted by molar-refractivity contribution is 0.0636.